The van der Waals surface area contributed by atoms with Crippen LogP contribution in [0, 0.1) is 12.8 Å². The molecule has 7 aromatic carbocycles. The Morgan fingerprint density at radius 3 is 1.52 bits per heavy atom. The van der Waals surface area contributed by atoms with Gasteiger partial charge in [-0.25, -0.2) is 9.55 Å². The van der Waals surface area contributed by atoms with Gasteiger partial charge in [-0.1, -0.05) is 222 Å². The van der Waals surface area contributed by atoms with Crippen LogP contribution in [0.1, 0.15) is 150 Å². The van der Waals surface area contributed by atoms with E-state index in [1.807, 2.05) is 6.20 Å². The van der Waals surface area contributed by atoms with Crippen molar-refractivity contribution in [2.24, 2.45) is 13.0 Å². The molecule has 0 atom stereocenters. The Hall–Kier alpha value is -7.04. The Labute approximate surface area is 425 Å². The van der Waals surface area contributed by atoms with Crippen LogP contribution in [0.25, 0.3) is 45.3 Å². The molecule has 0 amide bonds. The maximum Gasteiger partial charge on any atom is 0.293 e. The van der Waals surface area contributed by atoms with Gasteiger partial charge in [0.2, 0.25) is 0 Å². The third kappa shape index (κ3) is 9.62. The smallest absolute Gasteiger partial charge is 0.293 e. The number of hydrogen-bond acceptors (Lipinski definition) is 1. The van der Waals surface area contributed by atoms with Crippen LogP contribution >= 0.6 is 0 Å². The van der Waals surface area contributed by atoms with Gasteiger partial charge in [0.1, 0.15) is 23.9 Å². The van der Waals surface area contributed by atoms with Gasteiger partial charge in [0.25, 0.3) is 5.82 Å². The fourth-order valence-electron chi connectivity index (χ4n) is 10.8. The predicted octanol–water partition coefficient (Wildman–Crippen LogP) is 17.3. The molecule has 0 saturated carbocycles. The van der Waals surface area contributed by atoms with Crippen molar-refractivity contribution in [3.05, 3.63) is 239 Å². The Bertz CT molecular complexity index is 3130. The maximum atomic E-state index is 4.69. The van der Waals surface area contributed by atoms with Crippen molar-refractivity contribution in [3.8, 4) is 45.3 Å². The summed E-state index contributed by atoms with van der Waals surface area (Å²) in [6.07, 6.45) is 8.45. The monoisotopic (exact) mass is 936 g/mol. The molecule has 0 saturated heterocycles. The number of imidazole rings is 2. The lowest BCUT2D eigenvalue weighted by molar-refractivity contribution is -0.659. The molecule has 362 valence electrons. The van der Waals surface area contributed by atoms with Crippen LogP contribution in [0.4, 0.5) is 0 Å². The summed E-state index contributed by atoms with van der Waals surface area (Å²) < 4.78 is 6.99. The molecule has 71 heavy (non-hydrogen) atoms. The highest BCUT2D eigenvalue weighted by Crippen LogP contribution is 2.60. The fraction of sp³-hybridized carbons (Fsp3) is 0.284. The van der Waals surface area contributed by atoms with E-state index in [0.717, 1.165) is 11.7 Å². The quantitative estimate of drug-likeness (QED) is 0.126. The van der Waals surface area contributed by atoms with E-state index in [2.05, 4.69) is 291 Å². The summed E-state index contributed by atoms with van der Waals surface area (Å²) in [6.45, 7) is 27.1. The van der Waals surface area contributed by atoms with Gasteiger partial charge < -0.3 is 0 Å². The Morgan fingerprint density at radius 2 is 0.986 bits per heavy atom. The molecule has 9 aromatic rings. The highest BCUT2D eigenvalue weighted by Gasteiger charge is 2.49. The van der Waals surface area contributed by atoms with Crippen LogP contribution in [0.15, 0.2) is 189 Å². The summed E-state index contributed by atoms with van der Waals surface area (Å²) in [5, 5.41) is 0. The molecule has 0 unspecified atom stereocenters. The van der Waals surface area contributed by atoms with Crippen molar-refractivity contribution in [1.82, 2.24) is 14.1 Å². The third-order valence-electron chi connectivity index (χ3n) is 13.9. The van der Waals surface area contributed by atoms with Crippen LogP contribution in [-0.2, 0) is 12.5 Å². The minimum atomic E-state index is -0.444. The van der Waals surface area contributed by atoms with Gasteiger partial charge >= 0.3 is 0 Å². The predicted molar refractivity (Wildman–Crippen MR) is 300 cm³/mol. The number of aryl methyl sites for hydroxylation is 2. The summed E-state index contributed by atoms with van der Waals surface area (Å²) in [7, 11) is 2.16. The van der Waals surface area contributed by atoms with Crippen molar-refractivity contribution in [1.29, 1.82) is 0 Å². The summed E-state index contributed by atoms with van der Waals surface area (Å²) in [5.41, 5.74) is 19.4. The van der Waals surface area contributed by atoms with E-state index in [1.54, 1.807) is 0 Å². The van der Waals surface area contributed by atoms with Gasteiger partial charge in [0.05, 0.1) is 23.7 Å². The number of benzene rings is 7. The van der Waals surface area contributed by atoms with Crippen LogP contribution in [0.5, 0.6) is 0 Å². The lowest BCUT2D eigenvalue weighted by Crippen LogP contribution is -2.31. The van der Waals surface area contributed by atoms with Crippen molar-refractivity contribution < 1.29 is 4.57 Å². The first-order valence-corrected chi connectivity index (χ1v) is 26.0. The number of fused-ring (bicyclic) bond motifs is 3. The fourth-order valence-corrected chi connectivity index (χ4v) is 10.8. The molecular formula is C67H75N4+. The minimum absolute atomic E-state index is 0.278. The van der Waals surface area contributed by atoms with E-state index < -0.39 is 5.41 Å². The second-order valence-corrected chi connectivity index (χ2v) is 21.2. The molecule has 0 bridgehead atoms. The van der Waals surface area contributed by atoms with Crippen LogP contribution in [0.3, 0.4) is 0 Å². The largest absolute Gasteiger partial charge is 0.299 e. The molecule has 4 nitrogen and oxygen atoms in total. The van der Waals surface area contributed by atoms with Gasteiger partial charge in [-0.2, -0.15) is 4.57 Å². The van der Waals surface area contributed by atoms with Crippen LogP contribution in [0.2, 0.25) is 0 Å². The van der Waals surface area contributed by atoms with Crippen LogP contribution in [-0.4, -0.2) is 14.1 Å². The molecule has 0 radical (unpaired) electrons. The topological polar surface area (TPSA) is 26.6 Å². The molecule has 2 heterocycles. The minimum Gasteiger partial charge on any atom is -0.299 e. The first-order chi connectivity index (χ1) is 34.2. The van der Waals surface area contributed by atoms with E-state index in [-0.39, 0.29) is 5.92 Å². The second kappa shape index (κ2) is 21.5. The zero-order valence-corrected chi connectivity index (χ0v) is 44.6. The maximum absolute atomic E-state index is 4.69. The first-order valence-electron chi connectivity index (χ1n) is 26.0. The van der Waals surface area contributed by atoms with E-state index in [4.69, 9.17) is 0 Å². The number of rotatable bonds is 10. The number of nitrogens with zero attached hydrogens (tertiary/aromatic N) is 4. The SMILES string of the molecule is CC(C)C.CC(C)c1cc2c(c(C(C)C)c1-n1cc[n+](C)c1-c1ccccc1)C(c1ccccc1)(c1ccccc1)c1ccccc1-2.Cc1ccccc1-c1nccn1-c1c(C(C)C)cccc1C(C)C. The first kappa shape index (κ1) is 50.4. The standard InChI is InChI=1S/C41H39N2.C22H26N2.C4H10/c1-28(2)34-27-35-33-23-15-16-24-36(33)41(31-19-11-7-12-20-31,32-21-13-8-14-22-32)38(35)37(29(3)4)39(34)43-26-25-42(5)40(43)30-17-9-6-10-18-30;1-15(2)18-11-8-12-19(16(3)4)21(18)24-14-13-23-22(24)20-10-7-6-9-17(20)5;1-4(2)3/h6-29H,1-5H3;6-16H,1-5H3;4H,1-3H3/q+1;;. The normalized spacial score (nSPS) is 12.5. The molecule has 1 aliphatic carbocycles. The van der Waals surface area contributed by atoms with Crippen molar-refractivity contribution >= 4 is 0 Å². The van der Waals surface area contributed by atoms with Crippen molar-refractivity contribution in [2.75, 3.05) is 0 Å². The zero-order chi connectivity index (χ0) is 50.6. The molecule has 0 aliphatic heterocycles. The summed E-state index contributed by atoms with van der Waals surface area (Å²) >= 11 is 0. The van der Waals surface area contributed by atoms with E-state index in [1.165, 1.54) is 89.5 Å². The molecule has 0 spiro atoms. The number of aromatic nitrogens is 4. The zero-order valence-electron chi connectivity index (χ0n) is 44.6. The van der Waals surface area contributed by atoms with Gasteiger partial charge in [-0.3, -0.25) is 4.57 Å². The molecule has 10 rings (SSSR count). The number of para-hydroxylation sites is 1. The van der Waals surface area contributed by atoms with E-state index in [0.29, 0.717) is 17.8 Å². The van der Waals surface area contributed by atoms with E-state index >= 15 is 0 Å². The lowest BCUT2D eigenvalue weighted by atomic mass is 9.65. The summed E-state index contributed by atoms with van der Waals surface area (Å²) in [4.78, 5) is 4.69. The third-order valence-corrected chi connectivity index (χ3v) is 13.9. The molecule has 4 heteroatoms. The average Bonchev–Trinajstić information content (AvgIpc) is 4.09. The molecule has 2 aromatic heterocycles. The molecule has 0 fully saturated rings. The Kier molecular flexibility index (Phi) is 15.3. The highest BCUT2D eigenvalue weighted by atomic mass is 15.1. The summed E-state index contributed by atoms with van der Waals surface area (Å²) in [6, 6.07) is 59.9. The molecule has 1 aliphatic rings. The molecular weight excluding hydrogens is 861 g/mol. The number of hydrogen-bond donors (Lipinski definition) is 0. The average molecular weight is 936 g/mol. The van der Waals surface area contributed by atoms with Gasteiger partial charge in [0.15, 0.2) is 0 Å². The second-order valence-electron chi connectivity index (χ2n) is 21.2. The van der Waals surface area contributed by atoms with Gasteiger partial charge in [-0.05, 0) is 105 Å². The van der Waals surface area contributed by atoms with Crippen molar-refractivity contribution in [2.45, 2.75) is 112 Å². The Morgan fingerprint density at radius 1 is 0.479 bits per heavy atom. The lowest BCUT2D eigenvalue weighted by Gasteiger charge is -2.36. The van der Waals surface area contributed by atoms with Gasteiger partial charge in [0, 0.05) is 29.1 Å². The highest BCUT2D eigenvalue weighted by molar-refractivity contribution is 5.90. The van der Waals surface area contributed by atoms with Crippen molar-refractivity contribution in [3.63, 3.8) is 0 Å². The summed E-state index contributed by atoms with van der Waals surface area (Å²) in [5.74, 6) is 4.58. The van der Waals surface area contributed by atoms with Crippen LogP contribution < -0.4 is 4.57 Å². The Balaban J connectivity index is 0.000000203. The van der Waals surface area contributed by atoms with Gasteiger partial charge in [-0.15, -0.1) is 0 Å². The van der Waals surface area contributed by atoms with E-state index in [9.17, 15) is 0 Å². The molecule has 0 N–H and O–H groups in total.